The van der Waals surface area contributed by atoms with Crippen molar-refractivity contribution in [3.05, 3.63) is 34.4 Å². The van der Waals surface area contributed by atoms with Gasteiger partial charge in [0.15, 0.2) is 0 Å². The van der Waals surface area contributed by atoms with Gasteiger partial charge in [-0.1, -0.05) is 12.1 Å². The van der Waals surface area contributed by atoms with Crippen LogP contribution in [0.15, 0.2) is 12.1 Å². The average Bonchev–Trinajstić information content (AvgIpc) is 2.44. The molecule has 0 fully saturated rings. The van der Waals surface area contributed by atoms with E-state index in [1.165, 1.54) is 16.7 Å². The normalized spacial score (nSPS) is 28.4. The Morgan fingerprint density at radius 2 is 1.75 bits per heavy atom. The maximum atomic E-state index is 4.78. The second-order valence-electron chi connectivity index (χ2n) is 4.27. The lowest BCUT2D eigenvalue weighted by Crippen LogP contribution is -2.04. The highest BCUT2D eigenvalue weighted by Crippen LogP contribution is 2.45. The molecule has 1 aromatic rings. The van der Waals surface area contributed by atoms with Gasteiger partial charge in [0.25, 0.3) is 0 Å². The van der Waals surface area contributed by atoms with Crippen molar-refractivity contribution in [1.29, 1.82) is 0 Å². The highest BCUT2D eigenvalue weighted by atomic mass is 32.2. The molecular weight excluding hydrogens is 272 g/mol. The van der Waals surface area contributed by atoms with E-state index in [4.69, 9.17) is 25.3 Å². The molecule has 2 aliphatic rings. The Labute approximate surface area is 116 Å². The number of hydrogen-bond donors (Lipinski definition) is 2. The van der Waals surface area contributed by atoms with Crippen molar-refractivity contribution >= 4 is 48.8 Å². The van der Waals surface area contributed by atoms with Gasteiger partial charge in [-0.2, -0.15) is 48.8 Å². The SMILES string of the molecule is SC1CSCc2c3ccc1c2C(S)CSC3. The highest BCUT2D eigenvalue weighted by molar-refractivity contribution is 7.99. The number of thioether (sulfide) groups is 2. The maximum Gasteiger partial charge on any atom is 0.0364 e. The number of thiol groups is 2. The quantitative estimate of drug-likeness (QED) is 0.689. The van der Waals surface area contributed by atoms with E-state index in [1.807, 2.05) is 23.5 Å². The van der Waals surface area contributed by atoms with Gasteiger partial charge in [-0.25, -0.2) is 0 Å². The predicted molar refractivity (Wildman–Crippen MR) is 82.2 cm³/mol. The van der Waals surface area contributed by atoms with Crippen LogP contribution in [0.3, 0.4) is 0 Å². The molecule has 0 amide bonds. The van der Waals surface area contributed by atoms with Crippen LogP contribution in [0.25, 0.3) is 0 Å². The molecule has 0 nitrogen and oxygen atoms in total. The third-order valence-corrected chi connectivity index (χ3v) is 6.78. The minimum atomic E-state index is 0.382. The van der Waals surface area contributed by atoms with E-state index in [2.05, 4.69) is 12.1 Å². The van der Waals surface area contributed by atoms with E-state index in [1.54, 1.807) is 5.56 Å². The summed E-state index contributed by atoms with van der Waals surface area (Å²) < 4.78 is 0. The molecule has 0 spiro atoms. The molecule has 3 rings (SSSR count). The van der Waals surface area contributed by atoms with Crippen LogP contribution in [0.5, 0.6) is 0 Å². The predicted octanol–water partition coefficient (Wildman–Crippen LogP) is 4.12. The molecule has 2 unspecified atom stereocenters. The topological polar surface area (TPSA) is 0 Å². The molecule has 16 heavy (non-hydrogen) atoms. The van der Waals surface area contributed by atoms with E-state index in [-0.39, 0.29) is 0 Å². The lowest BCUT2D eigenvalue weighted by atomic mass is 9.94. The van der Waals surface area contributed by atoms with Crippen LogP contribution in [0.2, 0.25) is 0 Å². The molecule has 0 radical (unpaired) electrons. The van der Waals surface area contributed by atoms with Crippen molar-refractivity contribution in [1.82, 2.24) is 0 Å². The summed E-state index contributed by atoms with van der Waals surface area (Å²) in [6.45, 7) is 0. The fourth-order valence-corrected chi connectivity index (χ4v) is 5.67. The Morgan fingerprint density at radius 3 is 2.62 bits per heavy atom. The van der Waals surface area contributed by atoms with E-state index in [0.717, 1.165) is 23.0 Å². The molecule has 2 aliphatic heterocycles. The summed E-state index contributed by atoms with van der Waals surface area (Å²) in [4.78, 5) is 0. The summed E-state index contributed by atoms with van der Waals surface area (Å²) in [7, 11) is 0. The molecule has 0 N–H and O–H groups in total. The molecule has 2 heterocycles. The molecular formula is C12H14S4. The van der Waals surface area contributed by atoms with Crippen LogP contribution in [0.4, 0.5) is 0 Å². The van der Waals surface area contributed by atoms with Gasteiger partial charge in [0.2, 0.25) is 0 Å². The lowest BCUT2D eigenvalue weighted by molar-refractivity contribution is 1.02. The van der Waals surface area contributed by atoms with Gasteiger partial charge in [0.05, 0.1) is 0 Å². The molecule has 86 valence electrons. The number of rotatable bonds is 0. The summed E-state index contributed by atoms with van der Waals surface area (Å²) >= 11 is 13.5. The zero-order chi connectivity index (χ0) is 11.1. The fourth-order valence-electron chi connectivity index (χ4n) is 2.44. The Bertz CT molecular complexity index is 416. The first-order chi connectivity index (χ1) is 7.77. The van der Waals surface area contributed by atoms with Crippen LogP contribution in [-0.2, 0) is 11.5 Å². The van der Waals surface area contributed by atoms with Gasteiger partial charge in [-0.05, 0) is 22.3 Å². The highest BCUT2D eigenvalue weighted by Gasteiger charge is 2.27. The van der Waals surface area contributed by atoms with Crippen LogP contribution in [0, 0.1) is 0 Å². The Hall–Kier alpha value is 0.620. The molecule has 0 saturated carbocycles. The van der Waals surface area contributed by atoms with Gasteiger partial charge in [0, 0.05) is 33.5 Å². The van der Waals surface area contributed by atoms with E-state index >= 15 is 0 Å². The van der Waals surface area contributed by atoms with Crippen molar-refractivity contribution < 1.29 is 0 Å². The first-order valence-corrected chi connectivity index (χ1v) is 8.77. The standard InChI is InChI=1S/C12H14S4/c13-10-5-16-4-9-7-1-2-8(10)12(9)11(14)6-15-3-7/h1-2,10-11,13-14H,3-6H2. The maximum absolute atomic E-state index is 4.78. The monoisotopic (exact) mass is 286 g/mol. The number of hydrogen-bond acceptors (Lipinski definition) is 4. The third kappa shape index (κ3) is 1.92. The third-order valence-electron chi connectivity index (χ3n) is 3.24. The summed E-state index contributed by atoms with van der Waals surface area (Å²) in [6.07, 6.45) is 0. The Kier molecular flexibility index (Phi) is 3.44. The van der Waals surface area contributed by atoms with Crippen LogP contribution >= 0.6 is 48.8 Å². The second-order valence-corrected chi connectivity index (χ2v) is 7.58. The molecule has 0 saturated heterocycles. The minimum absolute atomic E-state index is 0.382. The first-order valence-electron chi connectivity index (χ1n) is 5.43. The van der Waals surface area contributed by atoms with Crippen molar-refractivity contribution in [3.8, 4) is 0 Å². The molecule has 4 heteroatoms. The molecule has 0 aliphatic carbocycles. The van der Waals surface area contributed by atoms with Gasteiger partial charge in [-0.3, -0.25) is 0 Å². The molecule has 0 aromatic heterocycles. The van der Waals surface area contributed by atoms with Crippen LogP contribution in [0.1, 0.15) is 32.8 Å². The van der Waals surface area contributed by atoms with E-state index in [9.17, 15) is 0 Å². The number of benzene rings is 1. The van der Waals surface area contributed by atoms with Crippen molar-refractivity contribution in [2.24, 2.45) is 0 Å². The zero-order valence-electron chi connectivity index (χ0n) is 8.85. The van der Waals surface area contributed by atoms with E-state index < -0.39 is 0 Å². The minimum Gasteiger partial charge on any atom is -0.170 e. The largest absolute Gasteiger partial charge is 0.170 e. The molecule has 2 atom stereocenters. The Morgan fingerprint density at radius 1 is 1.00 bits per heavy atom. The lowest BCUT2D eigenvalue weighted by Gasteiger charge is -2.18. The van der Waals surface area contributed by atoms with Gasteiger partial charge in [-0.15, -0.1) is 0 Å². The molecule has 1 aromatic carbocycles. The summed E-state index contributed by atoms with van der Waals surface area (Å²) in [5.74, 6) is 4.54. The Balaban J connectivity index is 2.23. The zero-order valence-corrected chi connectivity index (χ0v) is 12.3. The summed E-state index contributed by atoms with van der Waals surface area (Å²) in [5.41, 5.74) is 6.00. The van der Waals surface area contributed by atoms with Crippen molar-refractivity contribution in [3.63, 3.8) is 0 Å². The second kappa shape index (κ2) is 4.71. The van der Waals surface area contributed by atoms with Gasteiger partial charge >= 0.3 is 0 Å². The smallest absolute Gasteiger partial charge is 0.0364 e. The molecule has 4 bridgehead atoms. The summed E-state index contributed by atoms with van der Waals surface area (Å²) in [5, 5.41) is 0.777. The van der Waals surface area contributed by atoms with E-state index in [0.29, 0.717) is 10.5 Å². The fraction of sp³-hybridized carbons (Fsp3) is 0.500. The first kappa shape index (κ1) is 11.7. The van der Waals surface area contributed by atoms with Crippen LogP contribution < -0.4 is 0 Å². The van der Waals surface area contributed by atoms with Gasteiger partial charge in [0.1, 0.15) is 0 Å². The van der Waals surface area contributed by atoms with Gasteiger partial charge < -0.3 is 0 Å². The van der Waals surface area contributed by atoms with Crippen LogP contribution in [-0.4, -0.2) is 11.5 Å². The van der Waals surface area contributed by atoms with Crippen molar-refractivity contribution in [2.75, 3.05) is 11.5 Å². The summed E-state index contributed by atoms with van der Waals surface area (Å²) in [6, 6.07) is 4.59. The van der Waals surface area contributed by atoms with Crippen molar-refractivity contribution in [2.45, 2.75) is 22.0 Å². The average molecular weight is 287 g/mol.